The summed E-state index contributed by atoms with van der Waals surface area (Å²) in [7, 11) is -4.70. The molecule has 0 saturated carbocycles. The molecule has 0 saturated heterocycles. The highest BCUT2D eigenvalue weighted by molar-refractivity contribution is 7.91. The van der Waals surface area contributed by atoms with E-state index >= 15 is 0 Å². The number of carbonyl (C=O) groups is 1. The van der Waals surface area contributed by atoms with E-state index < -0.39 is 26.5 Å². The minimum Gasteiger partial charge on any atom is -0.454 e. The lowest BCUT2D eigenvalue weighted by atomic mass is 10.2. The first-order chi connectivity index (χ1) is 11.9. The van der Waals surface area contributed by atoms with Crippen LogP contribution < -0.4 is 0 Å². The Labute approximate surface area is 142 Å². The molecule has 25 heavy (non-hydrogen) atoms. The molecule has 0 aliphatic heterocycles. The molecular formula is C14H16F2N4O4S. The van der Waals surface area contributed by atoms with Gasteiger partial charge in [-0.1, -0.05) is 13.3 Å². The van der Waals surface area contributed by atoms with Crippen molar-refractivity contribution in [3.63, 3.8) is 0 Å². The van der Waals surface area contributed by atoms with Gasteiger partial charge >= 0.3 is 11.7 Å². The van der Waals surface area contributed by atoms with Gasteiger partial charge in [0.2, 0.25) is 9.84 Å². The number of hydrogen-bond donors (Lipinski definition) is 0. The molecule has 0 aliphatic carbocycles. The van der Waals surface area contributed by atoms with Gasteiger partial charge in [0.15, 0.2) is 12.4 Å². The van der Waals surface area contributed by atoms with Gasteiger partial charge in [0.25, 0.3) is 0 Å². The van der Waals surface area contributed by atoms with Crippen molar-refractivity contribution in [2.24, 2.45) is 0 Å². The molecule has 2 aromatic rings. The molecular weight excluding hydrogens is 358 g/mol. The molecule has 11 heteroatoms. The summed E-state index contributed by atoms with van der Waals surface area (Å²) in [6.07, 6.45) is 1.82. The van der Waals surface area contributed by atoms with Gasteiger partial charge in [0.05, 0.1) is 10.5 Å². The Kier molecular flexibility index (Phi) is 6.12. The number of sulfone groups is 1. The lowest BCUT2D eigenvalue weighted by Gasteiger charge is -2.07. The predicted molar refractivity (Wildman–Crippen MR) is 81.5 cm³/mol. The van der Waals surface area contributed by atoms with Gasteiger partial charge in [0.1, 0.15) is 0 Å². The fourth-order valence-corrected chi connectivity index (χ4v) is 2.63. The molecule has 0 amide bonds. The maximum atomic E-state index is 12.5. The summed E-state index contributed by atoms with van der Waals surface area (Å²) in [4.78, 5) is 11.4. The summed E-state index contributed by atoms with van der Waals surface area (Å²) in [6, 6.07) is 4.09. The van der Waals surface area contributed by atoms with Gasteiger partial charge in [-0.3, -0.25) is 0 Å². The number of esters is 1. The molecule has 0 atom stereocenters. The van der Waals surface area contributed by atoms with Gasteiger partial charge < -0.3 is 4.74 Å². The van der Waals surface area contributed by atoms with Crippen LogP contribution >= 0.6 is 0 Å². The summed E-state index contributed by atoms with van der Waals surface area (Å²) < 4.78 is 54.2. The van der Waals surface area contributed by atoms with E-state index in [1.807, 2.05) is 6.92 Å². The maximum absolute atomic E-state index is 12.5. The Bertz CT molecular complexity index is 822. The van der Waals surface area contributed by atoms with E-state index in [1.165, 1.54) is 4.68 Å². The molecule has 1 aromatic heterocycles. The van der Waals surface area contributed by atoms with E-state index in [9.17, 15) is 22.0 Å². The van der Waals surface area contributed by atoms with E-state index in [0.717, 1.165) is 37.1 Å². The molecule has 136 valence electrons. The number of unbranched alkanes of at least 4 members (excludes halogenated alkanes) is 1. The van der Waals surface area contributed by atoms with Gasteiger partial charge in [-0.15, -0.1) is 5.10 Å². The van der Waals surface area contributed by atoms with Gasteiger partial charge in [-0.25, -0.2) is 17.9 Å². The highest BCUT2D eigenvalue weighted by atomic mass is 32.2. The second-order valence-electron chi connectivity index (χ2n) is 5.08. The molecule has 0 spiro atoms. The fourth-order valence-electron chi connectivity index (χ4n) is 1.91. The number of aromatic nitrogens is 4. The Morgan fingerprint density at radius 3 is 2.56 bits per heavy atom. The third-order valence-electron chi connectivity index (χ3n) is 3.32. The first kappa shape index (κ1) is 18.9. The summed E-state index contributed by atoms with van der Waals surface area (Å²) >= 11 is 0. The third kappa shape index (κ3) is 4.56. The normalized spacial score (nSPS) is 11.7. The summed E-state index contributed by atoms with van der Waals surface area (Å²) in [5, 5.41) is 11.1. The van der Waals surface area contributed by atoms with Crippen LogP contribution in [0.1, 0.15) is 35.9 Å². The topological polar surface area (TPSA) is 104 Å². The minimum atomic E-state index is -4.70. The van der Waals surface area contributed by atoms with E-state index in [1.54, 1.807) is 0 Å². The predicted octanol–water partition coefficient (Wildman–Crippen LogP) is 1.83. The number of rotatable bonds is 8. The summed E-state index contributed by atoms with van der Waals surface area (Å²) in [5.41, 5.74) is 0.0285. The van der Waals surface area contributed by atoms with Crippen LogP contribution in [0, 0.1) is 0 Å². The van der Waals surface area contributed by atoms with Crippen LogP contribution in [0.5, 0.6) is 0 Å². The molecule has 0 aliphatic rings. The molecule has 0 radical (unpaired) electrons. The van der Waals surface area contributed by atoms with Crippen LogP contribution in [-0.4, -0.2) is 40.4 Å². The zero-order chi connectivity index (χ0) is 18.4. The van der Waals surface area contributed by atoms with E-state index in [0.29, 0.717) is 12.4 Å². The Hall–Kier alpha value is -2.43. The maximum Gasteiger partial charge on any atom is 0.341 e. The van der Waals surface area contributed by atoms with Gasteiger partial charge in [-0.2, -0.15) is 8.78 Å². The second kappa shape index (κ2) is 8.10. The number of halogens is 2. The highest BCUT2D eigenvalue weighted by Gasteiger charge is 2.26. The monoisotopic (exact) mass is 374 g/mol. The van der Waals surface area contributed by atoms with Crippen LogP contribution in [-0.2, 0) is 27.7 Å². The first-order valence-electron chi connectivity index (χ1n) is 7.40. The zero-order valence-corrected chi connectivity index (χ0v) is 14.1. The molecule has 0 N–H and O–H groups in total. The van der Waals surface area contributed by atoms with Crippen molar-refractivity contribution in [2.75, 3.05) is 0 Å². The number of hydrogen-bond acceptors (Lipinski definition) is 7. The number of benzene rings is 1. The number of aryl methyl sites for hydroxylation is 1. The highest BCUT2D eigenvalue weighted by Crippen LogP contribution is 2.19. The van der Waals surface area contributed by atoms with Crippen molar-refractivity contribution in [3.05, 3.63) is 35.7 Å². The number of ether oxygens (including phenoxy) is 1. The van der Waals surface area contributed by atoms with Gasteiger partial charge in [-0.05, 0) is 41.1 Å². The Morgan fingerprint density at radius 2 is 1.96 bits per heavy atom. The molecule has 1 aromatic carbocycles. The summed E-state index contributed by atoms with van der Waals surface area (Å²) in [5.74, 6) is -3.89. The smallest absolute Gasteiger partial charge is 0.341 e. The van der Waals surface area contributed by atoms with E-state index in [2.05, 4.69) is 15.5 Å². The summed E-state index contributed by atoms with van der Waals surface area (Å²) in [6.45, 7) is 2.45. The largest absolute Gasteiger partial charge is 0.454 e. The van der Waals surface area contributed by atoms with Crippen LogP contribution in [0.25, 0.3) is 0 Å². The quantitative estimate of drug-likeness (QED) is 0.649. The Morgan fingerprint density at radius 1 is 1.28 bits per heavy atom. The number of alkyl halides is 2. The third-order valence-corrected chi connectivity index (χ3v) is 4.71. The minimum absolute atomic E-state index is 0.0285. The zero-order valence-electron chi connectivity index (χ0n) is 13.3. The number of carbonyl (C=O) groups excluding carboxylic acids is 1. The van der Waals surface area contributed by atoms with Gasteiger partial charge in [0, 0.05) is 6.54 Å². The van der Waals surface area contributed by atoms with E-state index in [4.69, 9.17) is 4.74 Å². The molecule has 0 bridgehead atoms. The fraction of sp³-hybridized carbons (Fsp3) is 0.429. The molecule has 1 heterocycles. The SMILES string of the molecule is CCCCn1nnnc1COC(=O)c1ccc(S(=O)(=O)C(F)F)cc1. The first-order valence-corrected chi connectivity index (χ1v) is 8.95. The Balaban J connectivity index is 2.01. The van der Waals surface area contributed by atoms with Crippen molar-refractivity contribution in [2.45, 2.75) is 43.6 Å². The average molecular weight is 374 g/mol. The van der Waals surface area contributed by atoms with Crippen LogP contribution in [0.4, 0.5) is 8.78 Å². The van der Waals surface area contributed by atoms with Crippen molar-refractivity contribution in [3.8, 4) is 0 Å². The molecule has 8 nitrogen and oxygen atoms in total. The second-order valence-corrected chi connectivity index (χ2v) is 7.00. The van der Waals surface area contributed by atoms with Crippen LogP contribution in [0.2, 0.25) is 0 Å². The molecule has 0 fully saturated rings. The van der Waals surface area contributed by atoms with Crippen molar-refractivity contribution >= 4 is 15.8 Å². The standard InChI is InChI=1S/C14H16F2N4O4S/c1-2-3-8-20-12(17-18-19-20)9-24-13(21)10-4-6-11(7-5-10)25(22,23)14(15)16/h4-7,14H,2-3,8-9H2,1H3. The lowest BCUT2D eigenvalue weighted by Crippen LogP contribution is -2.13. The van der Waals surface area contributed by atoms with Crippen molar-refractivity contribution < 1.29 is 26.7 Å². The van der Waals surface area contributed by atoms with E-state index in [-0.39, 0.29) is 12.2 Å². The molecule has 0 unspecified atom stereocenters. The lowest BCUT2D eigenvalue weighted by molar-refractivity contribution is 0.0456. The van der Waals surface area contributed by atoms with Crippen molar-refractivity contribution in [1.29, 1.82) is 0 Å². The van der Waals surface area contributed by atoms with Crippen LogP contribution in [0.15, 0.2) is 29.2 Å². The number of tetrazole rings is 1. The average Bonchev–Trinajstić information content (AvgIpc) is 3.05. The number of nitrogens with zero attached hydrogens (tertiary/aromatic N) is 4. The van der Waals surface area contributed by atoms with Crippen molar-refractivity contribution in [1.82, 2.24) is 20.2 Å². The van der Waals surface area contributed by atoms with Crippen LogP contribution in [0.3, 0.4) is 0 Å². The molecule has 2 rings (SSSR count).